The molecule has 0 spiro atoms. The van der Waals surface area contributed by atoms with Gasteiger partial charge in [0.2, 0.25) is 0 Å². The third-order valence-electron chi connectivity index (χ3n) is 3.23. The molecule has 1 N–H and O–H groups in total. The van der Waals surface area contributed by atoms with Gasteiger partial charge in [0.25, 0.3) is 0 Å². The Kier molecular flexibility index (Phi) is 4.31. The molecule has 2 rings (SSSR count). The van der Waals surface area contributed by atoms with Crippen LogP contribution in [0.1, 0.15) is 25.5 Å². The summed E-state index contributed by atoms with van der Waals surface area (Å²) in [5, 5.41) is 13.6. The standard InChI is InChI=1S/C12H14F3N3O3/c1-2-21-8-3-7(4-8)17-9-5-11(12(13,14)15)16-6-10(9)18(19)20/h5-8H,2-4H2,1H3,(H,16,17). The van der Waals surface area contributed by atoms with Crippen molar-refractivity contribution in [2.24, 2.45) is 0 Å². The second-order valence-electron chi connectivity index (χ2n) is 4.73. The highest BCUT2D eigenvalue weighted by Gasteiger charge is 2.36. The summed E-state index contributed by atoms with van der Waals surface area (Å²) in [4.78, 5) is 13.2. The Labute approximate surface area is 118 Å². The van der Waals surface area contributed by atoms with E-state index in [2.05, 4.69) is 10.3 Å². The second kappa shape index (κ2) is 5.84. The van der Waals surface area contributed by atoms with Crippen LogP contribution < -0.4 is 5.32 Å². The van der Waals surface area contributed by atoms with Gasteiger partial charge in [-0.2, -0.15) is 13.2 Å². The molecule has 0 bridgehead atoms. The smallest absolute Gasteiger partial charge is 0.378 e. The quantitative estimate of drug-likeness (QED) is 0.668. The number of rotatable bonds is 5. The van der Waals surface area contributed by atoms with Gasteiger partial charge in [-0.05, 0) is 25.8 Å². The van der Waals surface area contributed by atoms with E-state index in [0.717, 1.165) is 0 Å². The van der Waals surface area contributed by atoms with Crippen molar-refractivity contribution in [2.75, 3.05) is 11.9 Å². The number of ether oxygens (including phenoxy) is 1. The number of alkyl halides is 3. The van der Waals surface area contributed by atoms with Crippen molar-refractivity contribution in [1.29, 1.82) is 0 Å². The highest BCUT2D eigenvalue weighted by Crippen LogP contribution is 2.35. The molecule has 1 saturated carbocycles. The molecule has 9 heteroatoms. The van der Waals surface area contributed by atoms with Gasteiger partial charge >= 0.3 is 11.9 Å². The largest absolute Gasteiger partial charge is 0.433 e. The average Bonchev–Trinajstić information content (AvgIpc) is 2.34. The number of aromatic nitrogens is 1. The molecule has 116 valence electrons. The number of pyridine rings is 1. The average molecular weight is 305 g/mol. The molecule has 0 saturated heterocycles. The first kappa shape index (κ1) is 15.5. The fourth-order valence-electron chi connectivity index (χ4n) is 2.14. The third kappa shape index (κ3) is 3.60. The van der Waals surface area contributed by atoms with Crippen molar-refractivity contribution in [3.8, 4) is 0 Å². The van der Waals surface area contributed by atoms with E-state index in [1.54, 1.807) is 0 Å². The summed E-state index contributed by atoms with van der Waals surface area (Å²) in [5.41, 5.74) is -1.79. The highest BCUT2D eigenvalue weighted by atomic mass is 19.4. The molecule has 1 aromatic rings. The van der Waals surface area contributed by atoms with Crippen molar-refractivity contribution in [2.45, 2.75) is 38.1 Å². The van der Waals surface area contributed by atoms with Crippen LogP contribution in [0.5, 0.6) is 0 Å². The Hall–Kier alpha value is -1.90. The molecule has 1 aliphatic rings. The first-order valence-corrected chi connectivity index (χ1v) is 6.41. The summed E-state index contributed by atoms with van der Waals surface area (Å²) in [5.74, 6) is 0. The van der Waals surface area contributed by atoms with Crippen LogP contribution in [0.25, 0.3) is 0 Å². The van der Waals surface area contributed by atoms with Gasteiger partial charge in [-0.3, -0.25) is 10.1 Å². The van der Waals surface area contributed by atoms with E-state index in [0.29, 0.717) is 31.7 Å². The number of nitro groups is 1. The maximum Gasteiger partial charge on any atom is 0.433 e. The monoisotopic (exact) mass is 305 g/mol. The van der Waals surface area contributed by atoms with Crippen molar-refractivity contribution in [3.05, 3.63) is 28.1 Å². The Balaban J connectivity index is 2.14. The van der Waals surface area contributed by atoms with Gasteiger partial charge < -0.3 is 10.1 Å². The molecular weight excluding hydrogens is 291 g/mol. The highest BCUT2D eigenvalue weighted by molar-refractivity contribution is 5.61. The maximum absolute atomic E-state index is 12.6. The van der Waals surface area contributed by atoms with E-state index in [9.17, 15) is 23.3 Å². The maximum atomic E-state index is 12.6. The molecule has 0 atom stereocenters. The normalized spacial score (nSPS) is 21.7. The minimum Gasteiger partial charge on any atom is -0.378 e. The molecule has 6 nitrogen and oxygen atoms in total. The molecule has 0 unspecified atom stereocenters. The van der Waals surface area contributed by atoms with Crippen LogP contribution in [0, 0.1) is 10.1 Å². The lowest BCUT2D eigenvalue weighted by Crippen LogP contribution is -2.41. The number of anilines is 1. The number of hydrogen-bond donors (Lipinski definition) is 1. The molecule has 1 fully saturated rings. The second-order valence-corrected chi connectivity index (χ2v) is 4.73. The molecular formula is C12H14F3N3O3. The zero-order chi connectivity index (χ0) is 15.6. The van der Waals surface area contributed by atoms with E-state index in [1.165, 1.54) is 0 Å². The van der Waals surface area contributed by atoms with E-state index in [-0.39, 0.29) is 17.8 Å². The zero-order valence-electron chi connectivity index (χ0n) is 11.2. The molecule has 0 amide bonds. The fraction of sp³-hybridized carbons (Fsp3) is 0.583. The third-order valence-corrected chi connectivity index (χ3v) is 3.23. The Morgan fingerprint density at radius 2 is 2.19 bits per heavy atom. The predicted octanol–water partition coefficient (Wildman–Crippen LogP) is 2.99. The minimum atomic E-state index is -4.64. The lowest BCUT2D eigenvalue weighted by Gasteiger charge is -2.35. The van der Waals surface area contributed by atoms with Crippen LogP contribution in [-0.4, -0.2) is 28.7 Å². The topological polar surface area (TPSA) is 77.3 Å². The lowest BCUT2D eigenvalue weighted by atomic mass is 9.89. The van der Waals surface area contributed by atoms with Gasteiger partial charge in [-0.15, -0.1) is 0 Å². The van der Waals surface area contributed by atoms with E-state index < -0.39 is 22.5 Å². The first-order valence-electron chi connectivity index (χ1n) is 6.41. The molecule has 21 heavy (non-hydrogen) atoms. The van der Waals surface area contributed by atoms with Crippen molar-refractivity contribution in [1.82, 2.24) is 4.98 Å². The zero-order valence-corrected chi connectivity index (χ0v) is 11.2. The molecule has 0 aliphatic heterocycles. The first-order chi connectivity index (χ1) is 9.81. The van der Waals surface area contributed by atoms with Gasteiger partial charge in [0.05, 0.1) is 11.0 Å². The predicted molar refractivity (Wildman–Crippen MR) is 68.0 cm³/mol. The summed E-state index contributed by atoms with van der Waals surface area (Å²) >= 11 is 0. The summed E-state index contributed by atoms with van der Waals surface area (Å²) in [7, 11) is 0. The SMILES string of the molecule is CCOC1CC(Nc2cc(C(F)(F)F)ncc2[N+](=O)[O-])C1. The van der Waals surface area contributed by atoms with Gasteiger partial charge in [-0.1, -0.05) is 0 Å². The lowest BCUT2D eigenvalue weighted by molar-refractivity contribution is -0.384. The summed E-state index contributed by atoms with van der Waals surface area (Å²) in [6.07, 6.45) is -2.75. The van der Waals surface area contributed by atoms with Crippen LogP contribution in [0.4, 0.5) is 24.5 Å². The van der Waals surface area contributed by atoms with Crippen LogP contribution in [-0.2, 0) is 10.9 Å². The van der Waals surface area contributed by atoms with Crippen LogP contribution in [0.3, 0.4) is 0 Å². The van der Waals surface area contributed by atoms with Gasteiger partial charge in [-0.25, -0.2) is 4.98 Å². The number of nitrogens with one attached hydrogen (secondary N) is 1. The Morgan fingerprint density at radius 1 is 1.52 bits per heavy atom. The van der Waals surface area contributed by atoms with Crippen molar-refractivity contribution in [3.63, 3.8) is 0 Å². The molecule has 0 radical (unpaired) electrons. The van der Waals surface area contributed by atoms with Gasteiger partial charge in [0.15, 0.2) is 0 Å². The fourth-order valence-corrected chi connectivity index (χ4v) is 2.14. The van der Waals surface area contributed by atoms with Crippen molar-refractivity contribution < 1.29 is 22.8 Å². The molecule has 1 aromatic heterocycles. The summed E-state index contributed by atoms with van der Waals surface area (Å²) < 4.78 is 43.2. The summed E-state index contributed by atoms with van der Waals surface area (Å²) in [6, 6.07) is 0.537. The Morgan fingerprint density at radius 3 is 2.71 bits per heavy atom. The minimum absolute atomic E-state index is 0.0514. The van der Waals surface area contributed by atoms with E-state index >= 15 is 0 Å². The van der Waals surface area contributed by atoms with Crippen LogP contribution in [0.15, 0.2) is 12.3 Å². The molecule has 0 aromatic carbocycles. The van der Waals surface area contributed by atoms with Crippen LogP contribution in [0.2, 0.25) is 0 Å². The Bertz CT molecular complexity index is 530. The number of halogens is 3. The van der Waals surface area contributed by atoms with Gasteiger partial charge in [0.1, 0.15) is 17.6 Å². The van der Waals surface area contributed by atoms with E-state index in [1.807, 2.05) is 6.92 Å². The van der Waals surface area contributed by atoms with Crippen molar-refractivity contribution >= 4 is 11.4 Å². The summed E-state index contributed by atoms with van der Waals surface area (Å²) in [6.45, 7) is 2.41. The van der Waals surface area contributed by atoms with E-state index in [4.69, 9.17) is 4.74 Å². The number of nitrogens with zero attached hydrogens (tertiary/aromatic N) is 2. The van der Waals surface area contributed by atoms with Gasteiger partial charge in [0, 0.05) is 12.6 Å². The van der Waals surface area contributed by atoms with Crippen LogP contribution >= 0.6 is 0 Å². The molecule has 1 heterocycles. The molecule has 1 aliphatic carbocycles. The number of hydrogen-bond acceptors (Lipinski definition) is 5.